The van der Waals surface area contributed by atoms with Gasteiger partial charge in [-0.15, -0.1) is 0 Å². The molecule has 1 rings (SSSR count). The van der Waals surface area contributed by atoms with Crippen LogP contribution < -0.4 is 4.57 Å². The lowest BCUT2D eigenvalue weighted by Gasteiger charge is -2.00. The number of nitrogens with zero attached hydrogens (tertiary/aromatic N) is 2. The third-order valence-corrected chi connectivity index (χ3v) is 3.68. The standard InChI is InChI=1S/C13H21N3S/c1-2-17-12-6-5-10-16-11-9-15-13(16)7-3-4-8-14/h9,11H,2-7,10,12H2,1H3/p+1. The summed E-state index contributed by atoms with van der Waals surface area (Å²) in [6, 6.07) is 2.19. The molecule has 94 valence electrons. The summed E-state index contributed by atoms with van der Waals surface area (Å²) in [6.45, 7) is 3.30. The molecular weight excluding hydrogens is 230 g/mol. The first kappa shape index (κ1) is 14.1. The second-order valence-electron chi connectivity index (χ2n) is 4.02. The van der Waals surface area contributed by atoms with E-state index in [4.69, 9.17) is 5.26 Å². The third-order valence-electron chi connectivity index (χ3n) is 2.70. The Hall–Kier alpha value is -0.950. The van der Waals surface area contributed by atoms with Crippen molar-refractivity contribution in [2.75, 3.05) is 11.5 Å². The number of hydrogen-bond acceptors (Lipinski definition) is 2. The fourth-order valence-electron chi connectivity index (χ4n) is 1.79. The van der Waals surface area contributed by atoms with Gasteiger partial charge in [-0.05, 0) is 30.8 Å². The molecule has 1 heterocycles. The summed E-state index contributed by atoms with van der Waals surface area (Å²) >= 11 is 2.01. The average Bonchev–Trinajstić information content (AvgIpc) is 2.77. The fourth-order valence-corrected chi connectivity index (χ4v) is 2.48. The number of hydrogen-bond donors (Lipinski definition) is 1. The summed E-state index contributed by atoms with van der Waals surface area (Å²) in [5, 5.41) is 8.52. The molecule has 0 saturated carbocycles. The van der Waals surface area contributed by atoms with E-state index in [0.717, 1.165) is 19.4 Å². The van der Waals surface area contributed by atoms with Crippen molar-refractivity contribution in [1.29, 1.82) is 5.26 Å². The predicted molar refractivity (Wildman–Crippen MR) is 71.8 cm³/mol. The lowest BCUT2D eigenvalue weighted by Crippen LogP contribution is -2.36. The van der Waals surface area contributed by atoms with Crippen molar-refractivity contribution in [2.45, 2.75) is 45.6 Å². The van der Waals surface area contributed by atoms with Crippen LogP contribution in [0.3, 0.4) is 0 Å². The van der Waals surface area contributed by atoms with Crippen LogP contribution in [0.4, 0.5) is 0 Å². The summed E-state index contributed by atoms with van der Waals surface area (Å²) in [5.74, 6) is 3.74. The van der Waals surface area contributed by atoms with Crippen molar-refractivity contribution in [3.8, 4) is 6.07 Å². The minimum Gasteiger partial charge on any atom is -0.248 e. The van der Waals surface area contributed by atoms with Gasteiger partial charge < -0.3 is 0 Å². The molecule has 0 saturated heterocycles. The van der Waals surface area contributed by atoms with Crippen LogP contribution in [0.5, 0.6) is 0 Å². The summed E-state index contributed by atoms with van der Waals surface area (Å²) in [5.41, 5.74) is 0. The highest BCUT2D eigenvalue weighted by Crippen LogP contribution is 2.04. The highest BCUT2D eigenvalue weighted by molar-refractivity contribution is 7.99. The maximum atomic E-state index is 8.52. The predicted octanol–water partition coefficient (Wildman–Crippen LogP) is 2.68. The maximum Gasteiger partial charge on any atom is 0.254 e. The van der Waals surface area contributed by atoms with Crippen molar-refractivity contribution in [3.63, 3.8) is 0 Å². The Bertz CT molecular complexity index is 341. The van der Waals surface area contributed by atoms with Crippen LogP contribution in [-0.2, 0) is 13.0 Å². The minimum atomic E-state index is 0.645. The highest BCUT2D eigenvalue weighted by atomic mass is 32.2. The summed E-state index contributed by atoms with van der Waals surface area (Å²) in [4.78, 5) is 3.27. The number of nitrogens with one attached hydrogen (secondary N) is 1. The van der Waals surface area contributed by atoms with Gasteiger partial charge in [-0.3, -0.25) is 0 Å². The number of nitriles is 1. The first-order valence-electron chi connectivity index (χ1n) is 6.39. The number of aromatic nitrogens is 2. The Morgan fingerprint density at radius 1 is 1.41 bits per heavy atom. The first-order valence-corrected chi connectivity index (χ1v) is 7.54. The zero-order chi connectivity index (χ0) is 12.3. The number of thioether (sulfide) groups is 1. The number of aromatic amines is 1. The monoisotopic (exact) mass is 252 g/mol. The highest BCUT2D eigenvalue weighted by Gasteiger charge is 2.09. The van der Waals surface area contributed by atoms with Gasteiger partial charge in [0.2, 0.25) is 0 Å². The first-order chi connectivity index (χ1) is 8.38. The van der Waals surface area contributed by atoms with E-state index < -0.39 is 0 Å². The van der Waals surface area contributed by atoms with Gasteiger partial charge in [-0.25, -0.2) is 9.55 Å². The average molecular weight is 252 g/mol. The van der Waals surface area contributed by atoms with Gasteiger partial charge in [0.1, 0.15) is 12.4 Å². The zero-order valence-electron chi connectivity index (χ0n) is 10.6. The van der Waals surface area contributed by atoms with E-state index in [0.29, 0.717) is 6.42 Å². The van der Waals surface area contributed by atoms with Crippen LogP contribution in [0.2, 0.25) is 0 Å². The van der Waals surface area contributed by atoms with Crippen molar-refractivity contribution in [3.05, 3.63) is 18.2 Å². The molecule has 0 fully saturated rings. The Labute approximate surface area is 108 Å². The molecule has 0 aliphatic rings. The second-order valence-corrected chi connectivity index (χ2v) is 5.41. The molecule has 17 heavy (non-hydrogen) atoms. The summed E-state index contributed by atoms with van der Waals surface area (Å²) < 4.78 is 2.29. The van der Waals surface area contributed by atoms with Gasteiger partial charge in [-0.2, -0.15) is 17.0 Å². The Kier molecular flexibility index (Phi) is 7.57. The van der Waals surface area contributed by atoms with E-state index in [9.17, 15) is 0 Å². The van der Waals surface area contributed by atoms with E-state index in [1.54, 1.807) is 0 Å². The van der Waals surface area contributed by atoms with E-state index in [2.05, 4.69) is 28.7 Å². The normalized spacial score (nSPS) is 10.4. The SMILES string of the molecule is CCSCCCC[n+]1cc[nH]c1CCCC#N. The van der Waals surface area contributed by atoms with Gasteiger partial charge in [0, 0.05) is 6.42 Å². The second kappa shape index (κ2) is 9.12. The van der Waals surface area contributed by atoms with Crippen molar-refractivity contribution < 1.29 is 4.57 Å². The van der Waals surface area contributed by atoms with Crippen LogP contribution >= 0.6 is 11.8 Å². The lowest BCUT2D eigenvalue weighted by molar-refractivity contribution is -0.703. The molecule has 0 aromatic carbocycles. The molecule has 0 aliphatic heterocycles. The molecular formula is C13H22N3S+. The molecule has 3 nitrogen and oxygen atoms in total. The Morgan fingerprint density at radius 2 is 2.29 bits per heavy atom. The van der Waals surface area contributed by atoms with Crippen LogP contribution in [-0.4, -0.2) is 16.5 Å². The van der Waals surface area contributed by atoms with Crippen LogP contribution in [0.25, 0.3) is 0 Å². The molecule has 0 aliphatic carbocycles. The molecule has 0 radical (unpaired) electrons. The molecule has 0 unspecified atom stereocenters. The van der Waals surface area contributed by atoms with Gasteiger partial charge in [0.05, 0.1) is 19.0 Å². The number of H-pyrrole nitrogens is 1. The fraction of sp³-hybridized carbons (Fsp3) is 0.692. The van der Waals surface area contributed by atoms with Crippen LogP contribution in [0.15, 0.2) is 12.4 Å². The number of aryl methyl sites for hydroxylation is 2. The minimum absolute atomic E-state index is 0.645. The van der Waals surface area contributed by atoms with E-state index in [1.165, 1.54) is 30.2 Å². The molecule has 1 aromatic heterocycles. The largest absolute Gasteiger partial charge is 0.254 e. The zero-order valence-corrected chi connectivity index (χ0v) is 11.4. The van der Waals surface area contributed by atoms with E-state index >= 15 is 0 Å². The van der Waals surface area contributed by atoms with Crippen LogP contribution in [0.1, 0.15) is 38.4 Å². The molecule has 1 N–H and O–H groups in total. The van der Waals surface area contributed by atoms with E-state index in [1.807, 2.05) is 18.0 Å². The number of unbranched alkanes of at least 4 members (excludes halogenated alkanes) is 2. The van der Waals surface area contributed by atoms with Gasteiger partial charge in [0.15, 0.2) is 0 Å². The van der Waals surface area contributed by atoms with Crippen molar-refractivity contribution in [2.24, 2.45) is 0 Å². The van der Waals surface area contributed by atoms with Crippen LogP contribution in [0, 0.1) is 11.3 Å². The van der Waals surface area contributed by atoms with Gasteiger partial charge >= 0.3 is 0 Å². The number of imidazole rings is 1. The number of rotatable bonds is 9. The molecule has 0 atom stereocenters. The van der Waals surface area contributed by atoms with Crippen molar-refractivity contribution >= 4 is 11.8 Å². The molecule has 4 heteroatoms. The molecule has 1 aromatic rings. The lowest BCUT2D eigenvalue weighted by atomic mass is 10.2. The summed E-state index contributed by atoms with van der Waals surface area (Å²) in [7, 11) is 0. The molecule has 0 bridgehead atoms. The Morgan fingerprint density at radius 3 is 3.06 bits per heavy atom. The van der Waals surface area contributed by atoms with Gasteiger partial charge in [0.25, 0.3) is 5.82 Å². The van der Waals surface area contributed by atoms with E-state index in [-0.39, 0.29) is 0 Å². The molecule has 0 amide bonds. The third kappa shape index (κ3) is 5.78. The smallest absolute Gasteiger partial charge is 0.248 e. The van der Waals surface area contributed by atoms with Crippen molar-refractivity contribution in [1.82, 2.24) is 4.98 Å². The maximum absolute atomic E-state index is 8.52. The quantitative estimate of drug-likeness (QED) is 0.542. The molecule has 0 spiro atoms. The summed E-state index contributed by atoms with van der Waals surface area (Å²) in [6.07, 6.45) is 9.19. The topological polar surface area (TPSA) is 43.5 Å². The Balaban J connectivity index is 2.23. The van der Waals surface area contributed by atoms with Gasteiger partial charge in [-0.1, -0.05) is 6.92 Å².